The smallest absolute Gasteiger partial charge is 0.302 e. The second kappa shape index (κ2) is 5.43. The van der Waals surface area contributed by atoms with Crippen LogP contribution in [0, 0.1) is 11.6 Å². The van der Waals surface area contributed by atoms with Gasteiger partial charge in [0.1, 0.15) is 0 Å². The Bertz CT molecular complexity index is 1070. The molecule has 0 atom stereocenters. The van der Waals surface area contributed by atoms with E-state index in [1.165, 1.54) is 22.8 Å². The number of thiazole rings is 1. The van der Waals surface area contributed by atoms with Gasteiger partial charge in [-0.3, -0.25) is 9.52 Å². The molecule has 0 saturated carbocycles. The van der Waals surface area contributed by atoms with E-state index in [1.54, 1.807) is 7.05 Å². The lowest BCUT2D eigenvalue weighted by atomic mass is 10.3. The van der Waals surface area contributed by atoms with Gasteiger partial charge < -0.3 is 4.57 Å². The van der Waals surface area contributed by atoms with Crippen LogP contribution in [0.3, 0.4) is 0 Å². The number of aryl methyl sites for hydroxylation is 1. The minimum atomic E-state index is -3.98. The molecule has 0 fully saturated rings. The highest BCUT2D eigenvalue weighted by molar-refractivity contribution is 7.92. The van der Waals surface area contributed by atoms with E-state index < -0.39 is 21.7 Å². The maximum absolute atomic E-state index is 13.2. The molecular formula is C14H10F2N2O3S2. The fourth-order valence-electron chi connectivity index (χ4n) is 2.06. The van der Waals surface area contributed by atoms with E-state index in [1.807, 2.05) is 0 Å². The van der Waals surface area contributed by atoms with Crippen molar-refractivity contribution in [2.24, 2.45) is 7.05 Å². The van der Waals surface area contributed by atoms with E-state index >= 15 is 0 Å². The summed E-state index contributed by atoms with van der Waals surface area (Å²) in [7, 11) is -2.39. The quantitative estimate of drug-likeness (QED) is 0.784. The average Bonchev–Trinajstić information content (AvgIpc) is 2.77. The average molecular weight is 356 g/mol. The van der Waals surface area contributed by atoms with Crippen LogP contribution in [0.2, 0.25) is 0 Å². The van der Waals surface area contributed by atoms with Crippen LogP contribution in [-0.2, 0) is 17.1 Å². The van der Waals surface area contributed by atoms with Gasteiger partial charge in [0.25, 0.3) is 10.0 Å². The SMILES string of the molecule is Cn1c(=O)sc2cc(S(=O)(=O)Nc3ccc(F)c(F)c3)ccc21. The van der Waals surface area contributed by atoms with Crippen LogP contribution >= 0.6 is 11.3 Å². The molecule has 23 heavy (non-hydrogen) atoms. The van der Waals surface area contributed by atoms with Gasteiger partial charge in [0.15, 0.2) is 11.6 Å². The number of sulfonamides is 1. The highest BCUT2D eigenvalue weighted by Gasteiger charge is 2.17. The molecule has 0 saturated heterocycles. The summed E-state index contributed by atoms with van der Waals surface area (Å²) in [5.74, 6) is -2.22. The lowest BCUT2D eigenvalue weighted by Crippen LogP contribution is -2.13. The van der Waals surface area contributed by atoms with E-state index in [0.717, 1.165) is 29.5 Å². The monoisotopic (exact) mass is 356 g/mol. The summed E-state index contributed by atoms with van der Waals surface area (Å²) in [5, 5.41) is 0. The molecular weight excluding hydrogens is 346 g/mol. The number of halogens is 2. The predicted molar refractivity (Wildman–Crippen MR) is 84.2 cm³/mol. The number of benzene rings is 2. The zero-order valence-electron chi connectivity index (χ0n) is 11.7. The van der Waals surface area contributed by atoms with Gasteiger partial charge in [-0.2, -0.15) is 0 Å². The fraction of sp³-hybridized carbons (Fsp3) is 0.0714. The first-order valence-corrected chi connectivity index (χ1v) is 8.65. The third-order valence-electron chi connectivity index (χ3n) is 3.25. The zero-order valence-corrected chi connectivity index (χ0v) is 13.3. The van der Waals surface area contributed by atoms with Crippen LogP contribution in [-0.4, -0.2) is 13.0 Å². The summed E-state index contributed by atoms with van der Waals surface area (Å²) >= 11 is 0.925. The number of nitrogens with zero attached hydrogens (tertiary/aromatic N) is 1. The second-order valence-electron chi connectivity index (χ2n) is 4.79. The van der Waals surface area contributed by atoms with Gasteiger partial charge in [0.2, 0.25) is 0 Å². The van der Waals surface area contributed by atoms with Crippen molar-refractivity contribution in [1.29, 1.82) is 0 Å². The lowest BCUT2D eigenvalue weighted by Gasteiger charge is -2.08. The van der Waals surface area contributed by atoms with Crippen LogP contribution in [0.25, 0.3) is 10.2 Å². The Labute approximate surface area is 133 Å². The molecule has 5 nitrogen and oxygen atoms in total. The van der Waals surface area contributed by atoms with E-state index in [4.69, 9.17) is 0 Å². The first kappa shape index (κ1) is 15.6. The Morgan fingerprint density at radius 1 is 1.09 bits per heavy atom. The zero-order chi connectivity index (χ0) is 16.8. The van der Waals surface area contributed by atoms with Gasteiger partial charge in [0, 0.05) is 13.1 Å². The van der Waals surface area contributed by atoms with Crippen molar-refractivity contribution in [3.8, 4) is 0 Å². The number of rotatable bonds is 3. The van der Waals surface area contributed by atoms with Crippen LogP contribution in [0.15, 0.2) is 46.1 Å². The maximum Gasteiger partial charge on any atom is 0.307 e. The van der Waals surface area contributed by atoms with Crippen LogP contribution in [0.5, 0.6) is 0 Å². The van der Waals surface area contributed by atoms with Crippen LogP contribution in [0.4, 0.5) is 14.5 Å². The van der Waals surface area contributed by atoms with Crippen molar-refractivity contribution < 1.29 is 17.2 Å². The number of hydrogen-bond donors (Lipinski definition) is 1. The highest BCUT2D eigenvalue weighted by atomic mass is 32.2. The molecule has 9 heteroatoms. The van der Waals surface area contributed by atoms with Gasteiger partial charge in [0.05, 0.1) is 20.8 Å². The van der Waals surface area contributed by atoms with E-state index in [0.29, 0.717) is 10.2 Å². The summed E-state index contributed by atoms with van der Waals surface area (Å²) < 4.78 is 54.8. The minimum absolute atomic E-state index is 0.0726. The number of fused-ring (bicyclic) bond motifs is 1. The van der Waals surface area contributed by atoms with E-state index in [9.17, 15) is 22.0 Å². The second-order valence-corrected chi connectivity index (χ2v) is 7.47. The standard InChI is InChI=1S/C14H10F2N2O3S2/c1-18-12-5-3-9(7-13(12)22-14(18)19)23(20,21)17-8-2-4-10(15)11(16)6-8/h2-7,17H,1H3. The third-order valence-corrected chi connectivity index (χ3v) is 5.62. The van der Waals surface area contributed by atoms with E-state index in [-0.39, 0.29) is 15.5 Å². The summed E-state index contributed by atoms with van der Waals surface area (Å²) in [5.41, 5.74) is 0.525. The van der Waals surface area contributed by atoms with Crippen molar-refractivity contribution in [2.45, 2.75) is 4.90 Å². The Morgan fingerprint density at radius 3 is 2.52 bits per heavy atom. The van der Waals surface area contributed by atoms with E-state index in [2.05, 4.69) is 4.72 Å². The molecule has 0 aliphatic carbocycles. The number of hydrogen-bond acceptors (Lipinski definition) is 4. The molecule has 1 heterocycles. The molecule has 3 aromatic rings. The molecule has 0 amide bonds. The summed E-state index contributed by atoms with van der Waals surface area (Å²) in [6.45, 7) is 0. The Hall–Kier alpha value is -2.26. The number of anilines is 1. The molecule has 1 N–H and O–H groups in total. The predicted octanol–water partition coefficient (Wildman–Crippen LogP) is 2.68. The largest absolute Gasteiger partial charge is 0.307 e. The lowest BCUT2D eigenvalue weighted by molar-refractivity contribution is 0.509. The first-order chi connectivity index (χ1) is 10.8. The Balaban J connectivity index is 2.01. The summed E-state index contributed by atoms with van der Waals surface area (Å²) in [4.78, 5) is 11.3. The van der Waals surface area contributed by atoms with Crippen molar-refractivity contribution in [3.05, 3.63) is 57.7 Å². The molecule has 2 aromatic carbocycles. The maximum atomic E-state index is 13.2. The van der Waals surface area contributed by atoms with Crippen LogP contribution in [0.1, 0.15) is 0 Å². The summed E-state index contributed by atoms with van der Waals surface area (Å²) in [6.07, 6.45) is 0. The minimum Gasteiger partial charge on any atom is -0.302 e. The van der Waals surface area contributed by atoms with Crippen molar-refractivity contribution in [2.75, 3.05) is 4.72 Å². The molecule has 0 spiro atoms. The van der Waals surface area contributed by atoms with Crippen molar-refractivity contribution in [3.63, 3.8) is 0 Å². The van der Waals surface area contributed by atoms with Crippen molar-refractivity contribution in [1.82, 2.24) is 4.57 Å². The molecule has 0 radical (unpaired) electrons. The molecule has 0 aliphatic rings. The Kier molecular flexibility index (Phi) is 3.69. The van der Waals surface area contributed by atoms with Gasteiger partial charge in [-0.25, -0.2) is 17.2 Å². The van der Waals surface area contributed by atoms with Gasteiger partial charge in [-0.05, 0) is 30.3 Å². The fourth-order valence-corrected chi connectivity index (χ4v) is 4.12. The molecule has 0 unspecified atom stereocenters. The molecule has 0 bridgehead atoms. The van der Waals surface area contributed by atoms with Crippen LogP contribution < -0.4 is 9.60 Å². The molecule has 3 rings (SSSR count). The van der Waals surface area contributed by atoms with Gasteiger partial charge in [-0.15, -0.1) is 0 Å². The third kappa shape index (κ3) is 2.84. The molecule has 1 aromatic heterocycles. The first-order valence-electron chi connectivity index (χ1n) is 6.35. The summed E-state index contributed by atoms with van der Waals surface area (Å²) in [6, 6.07) is 6.94. The molecule has 0 aliphatic heterocycles. The topological polar surface area (TPSA) is 68.2 Å². The normalized spacial score (nSPS) is 11.8. The number of aromatic nitrogens is 1. The van der Waals surface area contributed by atoms with Crippen molar-refractivity contribution >= 4 is 37.3 Å². The van der Waals surface area contributed by atoms with Gasteiger partial charge >= 0.3 is 4.87 Å². The number of nitrogens with one attached hydrogen (secondary N) is 1. The molecule has 120 valence electrons. The van der Waals surface area contributed by atoms with Gasteiger partial charge in [-0.1, -0.05) is 11.3 Å². The Morgan fingerprint density at radius 2 is 1.83 bits per heavy atom. The highest BCUT2D eigenvalue weighted by Crippen LogP contribution is 2.23.